The van der Waals surface area contributed by atoms with Gasteiger partial charge in [0.25, 0.3) is 0 Å². The zero-order valence-corrected chi connectivity index (χ0v) is 18.8. The molecule has 0 fully saturated rings. The third kappa shape index (κ3) is 3.85. The summed E-state index contributed by atoms with van der Waals surface area (Å²) in [6.07, 6.45) is 0.121. The van der Waals surface area contributed by atoms with Crippen molar-refractivity contribution in [3.8, 4) is 0 Å². The zero-order valence-electron chi connectivity index (χ0n) is 18.8. The van der Waals surface area contributed by atoms with Gasteiger partial charge in [0.1, 0.15) is 6.04 Å². The van der Waals surface area contributed by atoms with Crippen molar-refractivity contribution in [3.63, 3.8) is 0 Å². The number of H-pyrrole nitrogens is 1. The summed E-state index contributed by atoms with van der Waals surface area (Å²) in [6.45, 7) is 1.67. The third-order valence-electron chi connectivity index (χ3n) is 6.66. The molecule has 3 aromatic carbocycles. The first-order valence-corrected chi connectivity index (χ1v) is 11.1. The molecule has 5 rings (SSSR count). The van der Waals surface area contributed by atoms with E-state index in [2.05, 4.69) is 4.98 Å². The monoisotopic (exact) mass is 476 g/mol. The Bertz CT molecular complexity index is 1480. The molecule has 0 radical (unpaired) electrons. The highest BCUT2D eigenvalue weighted by molar-refractivity contribution is 5.90. The number of hydrogen-bond acceptors (Lipinski definition) is 3. The largest absolute Gasteiger partial charge is 0.480 e. The van der Waals surface area contributed by atoms with Crippen LogP contribution in [0.3, 0.4) is 0 Å². The van der Waals surface area contributed by atoms with Gasteiger partial charge in [-0.3, -0.25) is 9.69 Å². The van der Waals surface area contributed by atoms with Crippen LogP contribution in [0.4, 0.5) is 8.78 Å². The average Bonchev–Trinajstić information content (AvgIpc) is 3.20. The molecule has 0 saturated heterocycles. The number of carboxylic acids is 2. The lowest BCUT2D eigenvalue weighted by Gasteiger charge is -2.40. The van der Waals surface area contributed by atoms with Crippen LogP contribution in [0, 0.1) is 18.6 Å². The van der Waals surface area contributed by atoms with Gasteiger partial charge in [-0.25, -0.2) is 13.6 Å². The number of rotatable bonds is 5. The van der Waals surface area contributed by atoms with E-state index in [1.807, 2.05) is 24.3 Å². The highest BCUT2D eigenvalue weighted by Crippen LogP contribution is 2.43. The molecule has 4 aromatic rings. The molecule has 0 saturated carbocycles. The van der Waals surface area contributed by atoms with Gasteiger partial charge in [-0.2, -0.15) is 0 Å². The number of halogens is 2. The van der Waals surface area contributed by atoms with Crippen molar-refractivity contribution >= 4 is 22.8 Å². The Hall–Kier alpha value is -4.04. The molecular formula is C27H22F2N2O4. The third-order valence-corrected chi connectivity index (χ3v) is 6.66. The minimum Gasteiger partial charge on any atom is -0.480 e. The lowest BCUT2D eigenvalue weighted by atomic mass is 9.87. The molecule has 2 heterocycles. The van der Waals surface area contributed by atoms with Crippen molar-refractivity contribution in [2.45, 2.75) is 32.0 Å². The molecule has 0 unspecified atom stereocenters. The van der Waals surface area contributed by atoms with Crippen LogP contribution in [-0.2, 0) is 17.8 Å². The standard InChI is InChI=1S/C27H22F2N2O4/c1-14-9-10-15(18(11-14)26(32)33)13-31-22(27(34)35)12-19-16-5-2-3-8-21(16)30-24(19)25(31)17-6-4-7-20(28)23(17)29/h2-11,22,25,30H,12-13H2,1H3,(H,32,33)(H,34,35)/t22-,25-/m0/s1. The summed E-state index contributed by atoms with van der Waals surface area (Å²) in [6, 6.07) is 14.0. The van der Waals surface area contributed by atoms with E-state index < -0.39 is 35.7 Å². The van der Waals surface area contributed by atoms with Crippen molar-refractivity contribution in [1.29, 1.82) is 0 Å². The van der Waals surface area contributed by atoms with E-state index in [1.54, 1.807) is 19.1 Å². The number of carboxylic acid groups (broad SMARTS) is 2. The van der Waals surface area contributed by atoms with Gasteiger partial charge in [0.2, 0.25) is 0 Å². The molecule has 6 nitrogen and oxygen atoms in total. The normalized spacial score (nSPS) is 17.9. The van der Waals surface area contributed by atoms with Crippen LogP contribution in [-0.4, -0.2) is 38.1 Å². The van der Waals surface area contributed by atoms with E-state index in [-0.39, 0.29) is 24.1 Å². The van der Waals surface area contributed by atoms with Gasteiger partial charge in [0.05, 0.1) is 11.6 Å². The number of carbonyl (C=O) groups is 2. The van der Waals surface area contributed by atoms with Crippen molar-refractivity contribution in [2.75, 3.05) is 0 Å². The summed E-state index contributed by atoms with van der Waals surface area (Å²) >= 11 is 0. The highest BCUT2D eigenvalue weighted by Gasteiger charge is 2.42. The van der Waals surface area contributed by atoms with E-state index >= 15 is 4.39 Å². The van der Waals surface area contributed by atoms with Gasteiger partial charge in [-0.1, -0.05) is 48.0 Å². The molecule has 0 amide bonds. The lowest BCUT2D eigenvalue weighted by molar-refractivity contribution is -0.144. The fraction of sp³-hybridized carbons (Fsp3) is 0.185. The summed E-state index contributed by atoms with van der Waals surface area (Å²) in [5.41, 5.74) is 3.19. The number of aromatic carboxylic acids is 1. The molecule has 0 aliphatic carbocycles. The Morgan fingerprint density at radius 2 is 1.83 bits per heavy atom. The van der Waals surface area contributed by atoms with E-state index in [9.17, 15) is 24.2 Å². The van der Waals surface area contributed by atoms with Gasteiger partial charge < -0.3 is 15.2 Å². The molecule has 178 valence electrons. The van der Waals surface area contributed by atoms with Crippen LogP contribution in [0.15, 0.2) is 60.7 Å². The maximum atomic E-state index is 15.2. The fourth-order valence-electron chi connectivity index (χ4n) is 5.05. The zero-order chi connectivity index (χ0) is 24.9. The molecule has 0 bridgehead atoms. The smallest absolute Gasteiger partial charge is 0.336 e. The van der Waals surface area contributed by atoms with Gasteiger partial charge in [0, 0.05) is 35.1 Å². The van der Waals surface area contributed by atoms with Crippen LogP contribution >= 0.6 is 0 Å². The lowest BCUT2D eigenvalue weighted by Crippen LogP contribution is -2.48. The molecule has 1 aliphatic rings. The predicted molar refractivity (Wildman–Crippen MR) is 125 cm³/mol. The van der Waals surface area contributed by atoms with Gasteiger partial charge in [-0.05, 0) is 36.2 Å². The minimum absolute atomic E-state index is 0.0206. The van der Waals surface area contributed by atoms with Crippen LogP contribution in [0.2, 0.25) is 0 Å². The number of para-hydroxylation sites is 1. The van der Waals surface area contributed by atoms with Crippen molar-refractivity contribution < 1.29 is 28.6 Å². The Morgan fingerprint density at radius 1 is 1.06 bits per heavy atom. The fourth-order valence-corrected chi connectivity index (χ4v) is 5.05. The first kappa shape index (κ1) is 22.7. The van der Waals surface area contributed by atoms with E-state index in [0.717, 1.165) is 28.1 Å². The molecule has 1 aromatic heterocycles. The number of aliphatic carboxylic acids is 1. The summed E-state index contributed by atoms with van der Waals surface area (Å²) in [5.74, 6) is -4.39. The molecule has 1 aliphatic heterocycles. The number of aromatic amines is 1. The van der Waals surface area contributed by atoms with Crippen molar-refractivity contribution in [1.82, 2.24) is 9.88 Å². The quantitative estimate of drug-likeness (QED) is 0.375. The SMILES string of the molecule is Cc1ccc(CN2[C@@H](c3cccc(F)c3F)c3[nH]c4ccccc4c3C[C@H]2C(=O)O)c(C(=O)O)c1. The highest BCUT2D eigenvalue weighted by atomic mass is 19.2. The van der Waals surface area contributed by atoms with E-state index in [1.165, 1.54) is 23.1 Å². The summed E-state index contributed by atoms with van der Waals surface area (Å²) < 4.78 is 29.5. The maximum Gasteiger partial charge on any atom is 0.336 e. The Balaban J connectivity index is 1.75. The first-order valence-electron chi connectivity index (χ1n) is 11.1. The Labute approximate surface area is 199 Å². The van der Waals surface area contributed by atoms with Crippen LogP contribution in [0.25, 0.3) is 10.9 Å². The number of benzene rings is 3. The second kappa shape index (κ2) is 8.63. The molecular weight excluding hydrogens is 454 g/mol. The molecule has 2 atom stereocenters. The average molecular weight is 476 g/mol. The topological polar surface area (TPSA) is 93.6 Å². The molecule has 35 heavy (non-hydrogen) atoms. The van der Waals surface area contributed by atoms with Gasteiger partial charge in [-0.15, -0.1) is 0 Å². The van der Waals surface area contributed by atoms with Crippen molar-refractivity contribution in [2.24, 2.45) is 0 Å². The number of aryl methyl sites for hydroxylation is 1. The Morgan fingerprint density at radius 3 is 2.57 bits per heavy atom. The van der Waals surface area contributed by atoms with E-state index in [4.69, 9.17) is 0 Å². The van der Waals surface area contributed by atoms with Crippen LogP contribution < -0.4 is 0 Å². The number of fused-ring (bicyclic) bond motifs is 3. The second-order valence-corrected chi connectivity index (χ2v) is 8.80. The Kier molecular flexibility index (Phi) is 5.61. The summed E-state index contributed by atoms with van der Waals surface area (Å²) in [4.78, 5) is 29.3. The molecule has 0 spiro atoms. The van der Waals surface area contributed by atoms with Crippen LogP contribution in [0.5, 0.6) is 0 Å². The van der Waals surface area contributed by atoms with Gasteiger partial charge >= 0.3 is 11.9 Å². The number of hydrogen-bond donors (Lipinski definition) is 3. The van der Waals surface area contributed by atoms with E-state index in [0.29, 0.717) is 11.3 Å². The molecule has 3 N–H and O–H groups in total. The summed E-state index contributed by atoms with van der Waals surface area (Å²) in [7, 11) is 0. The van der Waals surface area contributed by atoms with Crippen molar-refractivity contribution in [3.05, 3.63) is 106 Å². The number of nitrogens with one attached hydrogen (secondary N) is 1. The molecule has 8 heteroatoms. The number of nitrogens with zero attached hydrogens (tertiary/aromatic N) is 1. The van der Waals surface area contributed by atoms with Crippen LogP contribution in [0.1, 0.15) is 44.3 Å². The second-order valence-electron chi connectivity index (χ2n) is 8.80. The predicted octanol–water partition coefficient (Wildman–Crippen LogP) is 5.05. The maximum absolute atomic E-state index is 15.2. The van der Waals surface area contributed by atoms with Gasteiger partial charge in [0.15, 0.2) is 11.6 Å². The first-order chi connectivity index (χ1) is 16.8. The summed E-state index contributed by atoms with van der Waals surface area (Å²) in [5, 5.41) is 20.8. The number of aromatic nitrogens is 1. The minimum atomic E-state index is -1.15.